The molecule has 0 aliphatic carbocycles. The van der Waals surface area contributed by atoms with E-state index in [9.17, 15) is 9.59 Å². The number of ether oxygens (including phenoxy) is 2. The molecule has 10 nitrogen and oxygen atoms in total. The van der Waals surface area contributed by atoms with E-state index in [2.05, 4.69) is 25.5 Å². The van der Waals surface area contributed by atoms with Crippen molar-refractivity contribution in [2.75, 3.05) is 54.2 Å². The van der Waals surface area contributed by atoms with E-state index in [1.165, 1.54) is 11.8 Å². The van der Waals surface area contributed by atoms with Gasteiger partial charge >= 0.3 is 6.09 Å². The zero-order valence-corrected chi connectivity index (χ0v) is 21.3. The van der Waals surface area contributed by atoms with Crippen molar-refractivity contribution in [1.29, 1.82) is 0 Å². The van der Waals surface area contributed by atoms with Crippen LogP contribution < -0.4 is 25.2 Å². The first kappa shape index (κ1) is 23.8. The maximum absolute atomic E-state index is 12.6. The van der Waals surface area contributed by atoms with Crippen LogP contribution >= 0.6 is 11.8 Å². The molecule has 0 radical (unpaired) electrons. The van der Waals surface area contributed by atoms with E-state index >= 15 is 0 Å². The summed E-state index contributed by atoms with van der Waals surface area (Å²) in [4.78, 5) is 38.4. The SMILES string of the molecule is COc1ccc2nccc(N3CCC(NC[C@H]4CN(c5ccc6c(c5)NC(=O)CS6)C(=O)O4)CC3)c2n1. The molecule has 0 spiro atoms. The highest BCUT2D eigenvalue weighted by molar-refractivity contribution is 8.00. The molecule has 3 aliphatic rings. The van der Waals surface area contributed by atoms with Gasteiger partial charge in [-0.05, 0) is 43.2 Å². The average molecular weight is 521 g/mol. The highest BCUT2D eigenvalue weighted by Gasteiger charge is 2.33. The molecule has 1 aromatic carbocycles. The molecule has 37 heavy (non-hydrogen) atoms. The Morgan fingerprint density at radius 3 is 2.89 bits per heavy atom. The summed E-state index contributed by atoms with van der Waals surface area (Å²) >= 11 is 1.50. The first-order valence-corrected chi connectivity index (χ1v) is 13.4. The smallest absolute Gasteiger partial charge is 0.414 e. The zero-order valence-electron chi connectivity index (χ0n) is 20.5. The number of nitrogens with one attached hydrogen (secondary N) is 2. The van der Waals surface area contributed by atoms with Crippen molar-refractivity contribution in [3.8, 4) is 5.88 Å². The number of fused-ring (bicyclic) bond motifs is 2. The van der Waals surface area contributed by atoms with E-state index in [4.69, 9.17) is 9.47 Å². The van der Waals surface area contributed by atoms with Gasteiger partial charge < -0.3 is 25.0 Å². The maximum Gasteiger partial charge on any atom is 0.414 e. The molecular weight excluding hydrogens is 492 g/mol. The molecule has 192 valence electrons. The predicted octanol–water partition coefficient (Wildman–Crippen LogP) is 3.27. The lowest BCUT2D eigenvalue weighted by atomic mass is 10.0. The number of cyclic esters (lactones) is 1. The van der Waals surface area contributed by atoms with E-state index < -0.39 is 0 Å². The van der Waals surface area contributed by atoms with E-state index in [1.807, 2.05) is 42.6 Å². The van der Waals surface area contributed by atoms with Crippen LogP contribution in [0, 0.1) is 0 Å². The highest BCUT2D eigenvalue weighted by atomic mass is 32.2. The summed E-state index contributed by atoms with van der Waals surface area (Å²) in [7, 11) is 1.62. The first-order chi connectivity index (χ1) is 18.1. The standard InChI is InChI=1S/C26H28N6O4S/c1-35-24-5-3-19-25(30-24)21(6-9-27-19)31-10-7-16(8-11-31)28-13-18-14-32(26(34)36-18)17-2-4-22-20(12-17)29-23(33)15-37-22/h2-6,9,12,16,18,28H,7-8,10-11,13-15H2,1H3,(H,29,33)/t18-/m0/s1. The van der Waals surface area contributed by atoms with Crippen molar-refractivity contribution < 1.29 is 19.1 Å². The third kappa shape index (κ3) is 4.88. The Morgan fingerprint density at radius 2 is 2.05 bits per heavy atom. The number of benzene rings is 1. The lowest BCUT2D eigenvalue weighted by Crippen LogP contribution is -2.45. The van der Waals surface area contributed by atoms with Gasteiger partial charge in [0.15, 0.2) is 0 Å². The van der Waals surface area contributed by atoms with Crippen molar-refractivity contribution in [2.45, 2.75) is 29.9 Å². The molecule has 3 aliphatic heterocycles. The Morgan fingerprint density at radius 1 is 1.19 bits per heavy atom. The molecule has 2 fully saturated rings. The van der Waals surface area contributed by atoms with Gasteiger partial charge in [-0.3, -0.25) is 14.7 Å². The molecule has 0 bridgehead atoms. The van der Waals surface area contributed by atoms with Gasteiger partial charge in [0.25, 0.3) is 0 Å². The number of carbonyl (C=O) groups is 2. The monoisotopic (exact) mass is 520 g/mol. The number of carbonyl (C=O) groups excluding carboxylic acids is 2. The molecule has 1 atom stereocenters. The van der Waals surface area contributed by atoms with E-state index in [0.29, 0.717) is 30.8 Å². The minimum atomic E-state index is -0.358. The van der Waals surface area contributed by atoms with Crippen LogP contribution in [0.2, 0.25) is 0 Å². The summed E-state index contributed by atoms with van der Waals surface area (Å²) < 4.78 is 10.9. The fourth-order valence-corrected chi connectivity index (χ4v) is 5.85. The molecule has 11 heteroatoms. The number of methoxy groups -OCH3 is 1. The van der Waals surface area contributed by atoms with Crippen molar-refractivity contribution in [3.63, 3.8) is 0 Å². The Bertz CT molecular complexity index is 1350. The lowest BCUT2D eigenvalue weighted by molar-refractivity contribution is -0.113. The van der Waals surface area contributed by atoms with Crippen LogP contribution in [-0.4, -0.2) is 73.2 Å². The third-order valence-electron chi connectivity index (χ3n) is 7.00. The van der Waals surface area contributed by atoms with E-state index in [-0.39, 0.29) is 18.1 Å². The topological polar surface area (TPSA) is 109 Å². The summed E-state index contributed by atoms with van der Waals surface area (Å²) in [6, 6.07) is 11.8. The number of aromatic nitrogens is 2. The van der Waals surface area contributed by atoms with Crippen LogP contribution in [0.15, 0.2) is 47.5 Å². The van der Waals surface area contributed by atoms with Crippen molar-refractivity contribution in [2.24, 2.45) is 0 Å². The van der Waals surface area contributed by atoms with Gasteiger partial charge in [-0.15, -0.1) is 11.8 Å². The van der Waals surface area contributed by atoms with Crippen LogP contribution in [0.3, 0.4) is 0 Å². The molecule has 2 amide bonds. The van der Waals surface area contributed by atoms with Gasteiger partial charge in [0, 0.05) is 48.5 Å². The molecule has 5 heterocycles. The zero-order chi connectivity index (χ0) is 25.4. The molecule has 2 saturated heterocycles. The van der Waals surface area contributed by atoms with Crippen LogP contribution in [0.25, 0.3) is 11.0 Å². The van der Waals surface area contributed by atoms with Gasteiger partial charge in [0.2, 0.25) is 11.8 Å². The minimum Gasteiger partial charge on any atom is -0.481 e. The van der Waals surface area contributed by atoms with Crippen molar-refractivity contribution in [1.82, 2.24) is 15.3 Å². The largest absolute Gasteiger partial charge is 0.481 e. The second-order valence-electron chi connectivity index (χ2n) is 9.35. The average Bonchev–Trinajstić information content (AvgIpc) is 3.31. The number of hydrogen-bond acceptors (Lipinski definition) is 9. The lowest BCUT2D eigenvalue weighted by Gasteiger charge is -2.34. The number of anilines is 3. The van der Waals surface area contributed by atoms with E-state index in [1.54, 1.807) is 12.0 Å². The van der Waals surface area contributed by atoms with Gasteiger partial charge in [-0.1, -0.05) is 0 Å². The Labute approximate surface area is 218 Å². The molecule has 3 aromatic rings. The second-order valence-corrected chi connectivity index (χ2v) is 10.4. The van der Waals surface area contributed by atoms with Crippen LogP contribution in [0.4, 0.5) is 21.9 Å². The van der Waals surface area contributed by atoms with E-state index in [0.717, 1.165) is 58.9 Å². The number of amides is 2. The number of pyridine rings is 2. The van der Waals surface area contributed by atoms with Crippen molar-refractivity contribution >= 4 is 51.9 Å². The number of nitrogens with zero attached hydrogens (tertiary/aromatic N) is 4. The number of piperidine rings is 1. The van der Waals surface area contributed by atoms with Crippen LogP contribution in [-0.2, 0) is 9.53 Å². The van der Waals surface area contributed by atoms with Gasteiger partial charge in [-0.25, -0.2) is 9.78 Å². The fraction of sp³-hybridized carbons (Fsp3) is 0.385. The fourth-order valence-electron chi connectivity index (χ4n) is 5.06. The molecule has 0 unspecified atom stereocenters. The summed E-state index contributed by atoms with van der Waals surface area (Å²) in [5.41, 5.74) is 4.26. The summed E-state index contributed by atoms with van der Waals surface area (Å²) in [6.45, 7) is 2.86. The molecule has 2 N–H and O–H groups in total. The maximum atomic E-state index is 12.6. The Balaban J connectivity index is 1.04. The highest BCUT2D eigenvalue weighted by Crippen LogP contribution is 2.35. The van der Waals surface area contributed by atoms with Crippen molar-refractivity contribution in [3.05, 3.63) is 42.6 Å². The normalized spacial score (nSPS) is 20.1. The first-order valence-electron chi connectivity index (χ1n) is 12.4. The number of hydrogen-bond donors (Lipinski definition) is 2. The van der Waals surface area contributed by atoms with Gasteiger partial charge in [0.05, 0.1) is 36.3 Å². The molecule has 0 saturated carbocycles. The summed E-state index contributed by atoms with van der Waals surface area (Å²) in [6.07, 6.45) is 3.18. The number of thioether (sulfide) groups is 1. The third-order valence-corrected chi connectivity index (χ3v) is 8.07. The van der Waals surface area contributed by atoms with Crippen LogP contribution in [0.1, 0.15) is 12.8 Å². The molecule has 2 aromatic heterocycles. The Hall–Kier alpha value is -3.57. The van der Waals surface area contributed by atoms with Crippen LogP contribution in [0.5, 0.6) is 5.88 Å². The second kappa shape index (κ2) is 10.1. The van der Waals surface area contributed by atoms with Gasteiger partial charge in [-0.2, -0.15) is 0 Å². The molecule has 6 rings (SSSR count). The molecular formula is C26H28N6O4S. The quantitative estimate of drug-likeness (QED) is 0.506. The summed E-state index contributed by atoms with van der Waals surface area (Å²) in [5, 5.41) is 6.48. The number of rotatable bonds is 6. The minimum absolute atomic E-state index is 0.0279. The predicted molar refractivity (Wildman–Crippen MR) is 143 cm³/mol. The summed E-state index contributed by atoms with van der Waals surface area (Å²) in [5.74, 6) is 0.965. The van der Waals surface area contributed by atoms with Gasteiger partial charge in [0.1, 0.15) is 11.6 Å². The Kier molecular flexibility index (Phi) is 6.47.